The number of ether oxygens (including phenoxy) is 1. The summed E-state index contributed by atoms with van der Waals surface area (Å²) in [4.78, 5) is 2.45. The standard InChI is InChI=1S/C16H26N2O2/c1-3-16(14-4-6-15(19)7-5-14)17-13(2)12-18-8-10-20-11-9-18/h4-7,13,16-17,19H,3,8-12H2,1-2H3. The van der Waals surface area contributed by atoms with Crippen LogP contribution in [0.2, 0.25) is 0 Å². The molecule has 1 aromatic carbocycles. The highest BCUT2D eigenvalue weighted by molar-refractivity contribution is 5.28. The largest absolute Gasteiger partial charge is 0.508 e. The minimum absolute atomic E-state index is 0.324. The van der Waals surface area contributed by atoms with Crippen LogP contribution in [-0.4, -0.2) is 48.9 Å². The molecule has 1 aliphatic rings. The number of phenolic OH excluding ortho intramolecular Hbond substituents is 1. The first-order chi connectivity index (χ1) is 9.69. The monoisotopic (exact) mass is 278 g/mol. The van der Waals surface area contributed by atoms with Crippen molar-refractivity contribution in [2.45, 2.75) is 32.4 Å². The molecule has 1 fully saturated rings. The van der Waals surface area contributed by atoms with Gasteiger partial charge in [0.2, 0.25) is 0 Å². The van der Waals surface area contributed by atoms with Crippen LogP contribution in [0.15, 0.2) is 24.3 Å². The van der Waals surface area contributed by atoms with Crippen LogP contribution >= 0.6 is 0 Å². The highest BCUT2D eigenvalue weighted by atomic mass is 16.5. The van der Waals surface area contributed by atoms with Gasteiger partial charge in [-0.2, -0.15) is 0 Å². The molecule has 1 aliphatic heterocycles. The van der Waals surface area contributed by atoms with Crippen LogP contribution in [0.25, 0.3) is 0 Å². The molecule has 0 spiro atoms. The first-order valence-corrected chi connectivity index (χ1v) is 7.54. The van der Waals surface area contributed by atoms with E-state index in [9.17, 15) is 5.11 Å². The lowest BCUT2D eigenvalue weighted by Crippen LogP contribution is -2.45. The molecule has 2 atom stereocenters. The van der Waals surface area contributed by atoms with E-state index in [1.54, 1.807) is 12.1 Å². The van der Waals surface area contributed by atoms with Gasteiger partial charge in [-0.1, -0.05) is 19.1 Å². The fraction of sp³-hybridized carbons (Fsp3) is 0.625. The second-order valence-electron chi connectivity index (χ2n) is 5.53. The quantitative estimate of drug-likeness (QED) is 0.837. The molecule has 0 bridgehead atoms. The summed E-state index contributed by atoms with van der Waals surface area (Å²) in [6.07, 6.45) is 1.04. The summed E-state index contributed by atoms with van der Waals surface area (Å²) < 4.78 is 5.38. The van der Waals surface area contributed by atoms with Gasteiger partial charge >= 0.3 is 0 Å². The van der Waals surface area contributed by atoms with Crippen molar-refractivity contribution in [2.24, 2.45) is 0 Å². The molecule has 1 saturated heterocycles. The van der Waals surface area contributed by atoms with Crippen LogP contribution in [0.1, 0.15) is 31.9 Å². The van der Waals surface area contributed by atoms with Gasteiger partial charge in [0.25, 0.3) is 0 Å². The van der Waals surface area contributed by atoms with Crippen LogP contribution in [0.4, 0.5) is 0 Å². The molecule has 4 nitrogen and oxygen atoms in total. The van der Waals surface area contributed by atoms with Gasteiger partial charge in [0.1, 0.15) is 5.75 Å². The first kappa shape index (κ1) is 15.3. The van der Waals surface area contributed by atoms with Gasteiger partial charge in [-0.05, 0) is 31.0 Å². The van der Waals surface area contributed by atoms with Crippen molar-refractivity contribution >= 4 is 0 Å². The molecule has 112 valence electrons. The summed E-state index contributed by atoms with van der Waals surface area (Å²) in [6, 6.07) is 8.28. The lowest BCUT2D eigenvalue weighted by Gasteiger charge is -2.31. The Morgan fingerprint density at radius 3 is 2.50 bits per heavy atom. The summed E-state index contributed by atoms with van der Waals surface area (Å²) in [5.74, 6) is 0.324. The fourth-order valence-corrected chi connectivity index (χ4v) is 2.72. The van der Waals surface area contributed by atoms with E-state index in [0.717, 1.165) is 39.3 Å². The Balaban J connectivity index is 1.86. The van der Waals surface area contributed by atoms with E-state index in [0.29, 0.717) is 17.8 Å². The van der Waals surface area contributed by atoms with Crippen LogP contribution < -0.4 is 5.32 Å². The van der Waals surface area contributed by atoms with E-state index in [1.165, 1.54) is 5.56 Å². The number of morpholine rings is 1. The summed E-state index contributed by atoms with van der Waals surface area (Å²) in [5, 5.41) is 13.1. The number of hydrogen-bond acceptors (Lipinski definition) is 4. The second-order valence-corrected chi connectivity index (χ2v) is 5.53. The van der Waals surface area contributed by atoms with Crippen molar-refractivity contribution in [3.8, 4) is 5.75 Å². The number of aromatic hydroxyl groups is 1. The number of benzene rings is 1. The Labute approximate surface area is 121 Å². The van der Waals surface area contributed by atoms with E-state index < -0.39 is 0 Å². The average molecular weight is 278 g/mol. The van der Waals surface area contributed by atoms with Crippen LogP contribution in [0.5, 0.6) is 5.75 Å². The third-order valence-corrected chi connectivity index (χ3v) is 3.83. The third kappa shape index (κ3) is 4.47. The van der Waals surface area contributed by atoms with Crippen molar-refractivity contribution < 1.29 is 9.84 Å². The van der Waals surface area contributed by atoms with E-state index in [-0.39, 0.29) is 0 Å². The van der Waals surface area contributed by atoms with Crippen molar-refractivity contribution in [3.05, 3.63) is 29.8 Å². The predicted octanol–water partition coefficient (Wildman–Crippen LogP) is 2.15. The van der Waals surface area contributed by atoms with Gasteiger partial charge < -0.3 is 15.2 Å². The van der Waals surface area contributed by atoms with Gasteiger partial charge in [-0.15, -0.1) is 0 Å². The number of rotatable bonds is 6. The minimum atomic E-state index is 0.324. The fourth-order valence-electron chi connectivity index (χ4n) is 2.72. The normalized spacial score (nSPS) is 19.7. The molecular formula is C16H26N2O2. The molecule has 0 radical (unpaired) electrons. The molecule has 2 rings (SSSR count). The maximum absolute atomic E-state index is 9.37. The van der Waals surface area contributed by atoms with Gasteiger partial charge in [0.15, 0.2) is 0 Å². The number of hydrogen-bond donors (Lipinski definition) is 2. The van der Waals surface area contributed by atoms with Gasteiger partial charge in [0.05, 0.1) is 13.2 Å². The SMILES string of the molecule is CCC(NC(C)CN1CCOCC1)c1ccc(O)cc1. The molecule has 0 saturated carbocycles. The second kappa shape index (κ2) is 7.62. The van der Waals surface area contributed by atoms with Crippen LogP contribution in [0.3, 0.4) is 0 Å². The van der Waals surface area contributed by atoms with Crippen molar-refractivity contribution in [3.63, 3.8) is 0 Å². The molecule has 0 aliphatic carbocycles. The smallest absolute Gasteiger partial charge is 0.115 e. The number of nitrogens with one attached hydrogen (secondary N) is 1. The predicted molar refractivity (Wildman–Crippen MR) is 81.0 cm³/mol. The maximum atomic E-state index is 9.37. The van der Waals surface area contributed by atoms with Crippen molar-refractivity contribution in [1.82, 2.24) is 10.2 Å². The van der Waals surface area contributed by atoms with Gasteiger partial charge in [-0.3, -0.25) is 4.90 Å². The summed E-state index contributed by atoms with van der Waals surface area (Å²) in [7, 11) is 0. The molecular weight excluding hydrogens is 252 g/mol. The Kier molecular flexibility index (Phi) is 5.83. The Morgan fingerprint density at radius 2 is 1.90 bits per heavy atom. The zero-order valence-electron chi connectivity index (χ0n) is 12.5. The molecule has 2 unspecified atom stereocenters. The lowest BCUT2D eigenvalue weighted by molar-refractivity contribution is 0.0338. The highest BCUT2D eigenvalue weighted by Gasteiger charge is 2.17. The number of phenols is 1. The zero-order valence-corrected chi connectivity index (χ0v) is 12.5. The topological polar surface area (TPSA) is 44.7 Å². The third-order valence-electron chi connectivity index (χ3n) is 3.83. The van der Waals surface area contributed by atoms with Gasteiger partial charge in [0, 0.05) is 31.7 Å². The lowest BCUT2D eigenvalue weighted by atomic mass is 10.0. The van der Waals surface area contributed by atoms with E-state index >= 15 is 0 Å². The minimum Gasteiger partial charge on any atom is -0.508 e. The maximum Gasteiger partial charge on any atom is 0.115 e. The highest BCUT2D eigenvalue weighted by Crippen LogP contribution is 2.20. The Hall–Kier alpha value is -1.10. The van der Waals surface area contributed by atoms with E-state index in [4.69, 9.17) is 4.74 Å². The Bertz CT molecular complexity index is 388. The first-order valence-electron chi connectivity index (χ1n) is 7.54. The summed E-state index contributed by atoms with van der Waals surface area (Å²) in [6.45, 7) is 9.23. The Morgan fingerprint density at radius 1 is 1.25 bits per heavy atom. The average Bonchev–Trinajstić information content (AvgIpc) is 2.47. The molecule has 1 heterocycles. The summed E-state index contributed by atoms with van der Waals surface area (Å²) in [5.41, 5.74) is 1.24. The van der Waals surface area contributed by atoms with Crippen molar-refractivity contribution in [1.29, 1.82) is 0 Å². The van der Waals surface area contributed by atoms with E-state index in [1.807, 2.05) is 12.1 Å². The molecule has 0 aromatic heterocycles. The molecule has 1 aromatic rings. The molecule has 4 heteroatoms. The zero-order chi connectivity index (χ0) is 14.4. The van der Waals surface area contributed by atoms with Crippen molar-refractivity contribution in [2.75, 3.05) is 32.8 Å². The van der Waals surface area contributed by atoms with Crippen LogP contribution in [-0.2, 0) is 4.74 Å². The van der Waals surface area contributed by atoms with Gasteiger partial charge in [-0.25, -0.2) is 0 Å². The molecule has 2 N–H and O–H groups in total. The van der Waals surface area contributed by atoms with Crippen LogP contribution in [0, 0.1) is 0 Å². The molecule has 0 amide bonds. The summed E-state index contributed by atoms with van der Waals surface area (Å²) >= 11 is 0. The van der Waals surface area contributed by atoms with E-state index in [2.05, 4.69) is 24.1 Å². The molecule has 20 heavy (non-hydrogen) atoms. The number of nitrogens with zero attached hydrogens (tertiary/aromatic N) is 1.